The van der Waals surface area contributed by atoms with E-state index in [1.807, 2.05) is 50.2 Å². The molecule has 1 aliphatic heterocycles. The van der Waals surface area contributed by atoms with E-state index in [-0.39, 0.29) is 17.3 Å². The molecule has 0 bridgehead atoms. The summed E-state index contributed by atoms with van der Waals surface area (Å²) >= 11 is 0. The van der Waals surface area contributed by atoms with E-state index in [4.69, 9.17) is 0 Å². The minimum atomic E-state index is -0.604. The van der Waals surface area contributed by atoms with E-state index in [0.29, 0.717) is 19.4 Å². The monoisotopic (exact) mass is 294 g/mol. The lowest BCUT2D eigenvalue weighted by molar-refractivity contribution is -0.126. The van der Waals surface area contributed by atoms with Crippen LogP contribution in [0.15, 0.2) is 42.0 Å². The number of para-hydroxylation sites is 1. The maximum atomic E-state index is 12.5. The first-order valence-corrected chi connectivity index (χ1v) is 7.40. The Hall–Kier alpha value is -2.41. The molecule has 0 N–H and O–H groups in total. The number of nitriles is 1. The highest BCUT2D eigenvalue weighted by Crippen LogP contribution is 2.48. The minimum absolute atomic E-state index is 0.0462. The van der Waals surface area contributed by atoms with Gasteiger partial charge in [0.2, 0.25) is 5.91 Å². The molecule has 1 aromatic rings. The average Bonchev–Trinajstić information content (AvgIpc) is 2.79. The minimum Gasteiger partial charge on any atom is -0.312 e. The Morgan fingerprint density at radius 1 is 1.18 bits per heavy atom. The number of ketones is 1. The lowest BCUT2D eigenvalue weighted by atomic mass is 9.64. The van der Waals surface area contributed by atoms with Crippen molar-refractivity contribution in [1.82, 2.24) is 0 Å². The van der Waals surface area contributed by atoms with E-state index in [2.05, 4.69) is 0 Å². The standard InChI is InChI=1S/C18H18N2O2/c1-17(2)11-18(8-13(10-19)16(17)22)9-15(21)20(12-18)14-6-4-3-5-7-14/h3-8H,9,11-12H2,1-2H3. The van der Waals surface area contributed by atoms with Crippen molar-refractivity contribution in [2.45, 2.75) is 26.7 Å². The number of benzene rings is 1. The smallest absolute Gasteiger partial charge is 0.227 e. The van der Waals surface area contributed by atoms with E-state index in [0.717, 1.165) is 5.69 Å². The van der Waals surface area contributed by atoms with Crippen LogP contribution in [0.1, 0.15) is 26.7 Å². The van der Waals surface area contributed by atoms with Crippen molar-refractivity contribution in [3.8, 4) is 6.07 Å². The Morgan fingerprint density at radius 3 is 2.50 bits per heavy atom. The van der Waals surface area contributed by atoms with E-state index in [1.165, 1.54) is 0 Å². The molecule has 1 aromatic carbocycles. The van der Waals surface area contributed by atoms with Gasteiger partial charge in [-0.2, -0.15) is 5.26 Å². The van der Waals surface area contributed by atoms with Gasteiger partial charge >= 0.3 is 0 Å². The SMILES string of the molecule is CC1(C)CC2(C=C(C#N)C1=O)CC(=O)N(c1ccccc1)C2. The van der Waals surface area contributed by atoms with Crippen molar-refractivity contribution in [1.29, 1.82) is 5.26 Å². The van der Waals surface area contributed by atoms with Crippen LogP contribution in [-0.4, -0.2) is 18.2 Å². The average molecular weight is 294 g/mol. The Morgan fingerprint density at radius 2 is 1.86 bits per heavy atom. The predicted molar refractivity (Wildman–Crippen MR) is 82.9 cm³/mol. The summed E-state index contributed by atoms with van der Waals surface area (Å²) in [6.07, 6.45) is 2.68. The van der Waals surface area contributed by atoms with Crippen molar-refractivity contribution in [3.05, 3.63) is 42.0 Å². The third-order valence-corrected chi connectivity index (χ3v) is 4.57. The highest BCUT2D eigenvalue weighted by Gasteiger charge is 2.50. The second kappa shape index (κ2) is 4.81. The molecule has 1 unspecified atom stereocenters. The summed E-state index contributed by atoms with van der Waals surface area (Å²) in [4.78, 5) is 26.5. The maximum absolute atomic E-state index is 12.5. The van der Waals surface area contributed by atoms with E-state index in [9.17, 15) is 14.9 Å². The molecule has 1 fully saturated rings. The first-order valence-electron chi connectivity index (χ1n) is 7.40. The summed E-state index contributed by atoms with van der Waals surface area (Å²) in [5, 5.41) is 9.25. The van der Waals surface area contributed by atoms with Crippen LogP contribution in [0.4, 0.5) is 5.69 Å². The summed E-state index contributed by atoms with van der Waals surface area (Å²) in [5.74, 6) is -0.0730. The fourth-order valence-corrected chi connectivity index (χ4v) is 3.74. The molecule has 112 valence electrons. The number of amides is 1. The highest BCUT2D eigenvalue weighted by atomic mass is 16.2. The Labute approximate surface area is 130 Å². The fraction of sp³-hybridized carbons (Fsp3) is 0.389. The number of nitrogens with zero attached hydrogens (tertiary/aromatic N) is 2. The van der Waals surface area contributed by atoms with Gasteiger partial charge in [-0.05, 0) is 18.6 Å². The Kier molecular flexibility index (Phi) is 3.17. The maximum Gasteiger partial charge on any atom is 0.227 e. The van der Waals surface area contributed by atoms with Gasteiger partial charge in [0.05, 0.1) is 5.57 Å². The summed E-state index contributed by atoms with van der Waals surface area (Å²) in [6.45, 7) is 4.24. The number of hydrogen-bond donors (Lipinski definition) is 0. The third-order valence-electron chi connectivity index (χ3n) is 4.57. The zero-order valence-corrected chi connectivity index (χ0v) is 12.8. The molecule has 22 heavy (non-hydrogen) atoms. The molecule has 1 saturated heterocycles. The van der Waals surface area contributed by atoms with Gasteiger partial charge in [0.15, 0.2) is 5.78 Å². The number of allylic oxidation sites excluding steroid dienone is 1. The molecule has 1 amide bonds. The van der Waals surface area contributed by atoms with Gasteiger partial charge in [-0.15, -0.1) is 0 Å². The summed E-state index contributed by atoms with van der Waals surface area (Å²) in [6, 6.07) is 11.5. The van der Waals surface area contributed by atoms with Gasteiger partial charge in [-0.3, -0.25) is 9.59 Å². The molecule has 0 radical (unpaired) electrons. The van der Waals surface area contributed by atoms with Crippen molar-refractivity contribution in [2.24, 2.45) is 10.8 Å². The predicted octanol–water partition coefficient (Wildman–Crippen LogP) is 2.86. The van der Waals surface area contributed by atoms with Gasteiger partial charge in [-0.25, -0.2) is 0 Å². The lowest BCUT2D eigenvalue weighted by Gasteiger charge is -2.38. The Bertz CT molecular complexity index is 712. The summed E-state index contributed by atoms with van der Waals surface area (Å²) in [5.41, 5.74) is 0.0345. The molecule has 4 heteroatoms. The summed E-state index contributed by atoms with van der Waals surface area (Å²) < 4.78 is 0. The van der Waals surface area contributed by atoms with Crippen LogP contribution in [-0.2, 0) is 9.59 Å². The van der Waals surface area contributed by atoms with Crippen molar-refractivity contribution in [2.75, 3.05) is 11.4 Å². The second-order valence-electron chi connectivity index (χ2n) is 6.91. The number of carbonyl (C=O) groups is 2. The van der Waals surface area contributed by atoms with Gasteiger partial charge in [-0.1, -0.05) is 38.1 Å². The van der Waals surface area contributed by atoms with Crippen LogP contribution < -0.4 is 4.90 Å². The lowest BCUT2D eigenvalue weighted by Crippen LogP contribution is -2.40. The van der Waals surface area contributed by atoms with E-state index < -0.39 is 10.8 Å². The van der Waals surface area contributed by atoms with Gasteiger partial charge in [0.1, 0.15) is 6.07 Å². The first kappa shape index (κ1) is 14.5. The van der Waals surface area contributed by atoms with Crippen LogP contribution in [0, 0.1) is 22.2 Å². The van der Waals surface area contributed by atoms with Crippen LogP contribution in [0.5, 0.6) is 0 Å². The number of carbonyl (C=O) groups excluding carboxylic acids is 2. The van der Waals surface area contributed by atoms with E-state index >= 15 is 0 Å². The Balaban J connectivity index is 1.99. The van der Waals surface area contributed by atoms with Crippen molar-refractivity contribution in [3.63, 3.8) is 0 Å². The zero-order valence-electron chi connectivity index (χ0n) is 12.8. The molecule has 3 rings (SSSR count). The van der Waals surface area contributed by atoms with Gasteiger partial charge in [0.25, 0.3) is 0 Å². The normalized spacial score (nSPS) is 27.0. The van der Waals surface area contributed by atoms with Crippen LogP contribution in [0.3, 0.4) is 0 Å². The van der Waals surface area contributed by atoms with Gasteiger partial charge in [0, 0.05) is 29.5 Å². The van der Waals surface area contributed by atoms with Crippen LogP contribution >= 0.6 is 0 Å². The molecule has 1 aliphatic carbocycles. The molecule has 4 nitrogen and oxygen atoms in total. The van der Waals surface area contributed by atoms with Crippen LogP contribution in [0.2, 0.25) is 0 Å². The molecule has 2 aliphatic rings. The molecule has 0 aromatic heterocycles. The largest absolute Gasteiger partial charge is 0.312 e. The summed E-state index contributed by atoms with van der Waals surface area (Å²) in [7, 11) is 0. The van der Waals surface area contributed by atoms with Crippen molar-refractivity contribution >= 4 is 17.4 Å². The van der Waals surface area contributed by atoms with E-state index in [1.54, 1.807) is 11.0 Å². The topological polar surface area (TPSA) is 61.2 Å². The van der Waals surface area contributed by atoms with Crippen LogP contribution in [0.25, 0.3) is 0 Å². The van der Waals surface area contributed by atoms with Gasteiger partial charge < -0.3 is 4.90 Å². The first-order chi connectivity index (χ1) is 10.4. The fourth-order valence-electron chi connectivity index (χ4n) is 3.74. The third kappa shape index (κ3) is 2.23. The molecule has 1 spiro atoms. The molecule has 1 heterocycles. The molecule has 1 atom stereocenters. The highest BCUT2D eigenvalue weighted by molar-refractivity contribution is 6.05. The number of Topliss-reactive ketones (excluding diaryl/α,β-unsaturated/α-hetero) is 1. The molecule has 0 saturated carbocycles. The van der Waals surface area contributed by atoms with Crippen molar-refractivity contribution < 1.29 is 9.59 Å². The zero-order chi connectivity index (χ0) is 16.0. The number of hydrogen-bond acceptors (Lipinski definition) is 3. The number of rotatable bonds is 1. The second-order valence-corrected chi connectivity index (χ2v) is 6.91. The quantitative estimate of drug-likeness (QED) is 0.800. The molecular formula is C18H18N2O2. The molecular weight excluding hydrogens is 276 g/mol. The number of anilines is 1.